The Bertz CT molecular complexity index is 1560. The quantitative estimate of drug-likeness (QED) is 0.263. The third-order valence-electron chi connectivity index (χ3n) is 7.29. The second kappa shape index (κ2) is 12.8. The smallest absolute Gasteiger partial charge is 0.310 e. The highest BCUT2D eigenvalue weighted by Gasteiger charge is 2.26. The zero-order valence-corrected chi connectivity index (χ0v) is 25.7. The van der Waals surface area contributed by atoms with Gasteiger partial charge in [0.15, 0.2) is 0 Å². The van der Waals surface area contributed by atoms with Crippen LogP contribution in [0.25, 0.3) is 5.69 Å². The van der Waals surface area contributed by atoms with Gasteiger partial charge in [0, 0.05) is 42.5 Å². The summed E-state index contributed by atoms with van der Waals surface area (Å²) in [6, 6.07) is 25.4. The summed E-state index contributed by atoms with van der Waals surface area (Å²) in [6.45, 7) is 12.8. The molecule has 2 heterocycles. The van der Waals surface area contributed by atoms with E-state index in [1.165, 1.54) is 0 Å². The van der Waals surface area contributed by atoms with E-state index < -0.39 is 0 Å². The Labute approximate surface area is 254 Å². The molecule has 1 fully saturated rings. The van der Waals surface area contributed by atoms with Crippen molar-refractivity contribution >= 4 is 41.5 Å². The first-order valence-corrected chi connectivity index (χ1v) is 14.0. The summed E-state index contributed by atoms with van der Waals surface area (Å²) in [5.74, 6) is 0.691. The van der Waals surface area contributed by atoms with Gasteiger partial charge in [-0.2, -0.15) is 5.10 Å². The number of para-hydroxylation sites is 1. The summed E-state index contributed by atoms with van der Waals surface area (Å²) >= 11 is 0. The van der Waals surface area contributed by atoms with Gasteiger partial charge in [-0.3, -0.25) is 15.0 Å². The Morgan fingerprint density at radius 3 is 2.33 bits per heavy atom. The number of urea groups is 1. The molecule has 0 saturated carbocycles. The maximum Gasteiger partial charge on any atom is 0.324 e. The van der Waals surface area contributed by atoms with E-state index in [9.17, 15) is 9.59 Å². The number of carbonyl (C=O) groups is 2. The minimum Gasteiger partial charge on any atom is -0.310 e. The van der Waals surface area contributed by atoms with Crippen LogP contribution in [-0.4, -0.2) is 46.3 Å². The molecule has 0 radical (unpaired) electrons. The fraction of sp³-hybridized carbons (Fsp3) is 0.303. The largest absolute Gasteiger partial charge is 0.324 e. The molecule has 0 unspecified atom stereocenters. The predicted molar refractivity (Wildman–Crippen MR) is 172 cm³/mol. The molecule has 3 aromatic carbocycles. The summed E-state index contributed by atoms with van der Waals surface area (Å²) < 4.78 is 1.77. The van der Waals surface area contributed by atoms with Crippen LogP contribution in [0.5, 0.6) is 0 Å². The first-order chi connectivity index (χ1) is 19.6. The Balaban J connectivity index is 0.00000405. The molecule has 5 rings (SSSR count). The molecule has 1 saturated heterocycles. The third kappa shape index (κ3) is 7.19. The summed E-state index contributed by atoms with van der Waals surface area (Å²) in [5, 5.41) is 10.7. The summed E-state index contributed by atoms with van der Waals surface area (Å²) in [4.78, 5) is 30.1. The molecule has 220 valence electrons. The van der Waals surface area contributed by atoms with Crippen LogP contribution in [0, 0.1) is 13.8 Å². The van der Waals surface area contributed by atoms with Crippen LogP contribution in [0.15, 0.2) is 78.9 Å². The van der Waals surface area contributed by atoms with Gasteiger partial charge in [-0.05, 0) is 55.3 Å². The highest BCUT2D eigenvalue weighted by molar-refractivity contribution is 5.99. The minimum absolute atomic E-state index is 0. The van der Waals surface area contributed by atoms with E-state index in [1.54, 1.807) is 4.68 Å². The summed E-state index contributed by atoms with van der Waals surface area (Å²) in [6.07, 6.45) is 0. The SMILES string of the molecule is Cc1ccc(-n2nc(C(C)(C)C)cc2NC(=O)Nc2cccc(CN3CCN(c4ccccc4C)C(=O)C3)c2)cc1.Cl. The summed E-state index contributed by atoms with van der Waals surface area (Å²) in [5.41, 5.74) is 6.52. The van der Waals surface area contributed by atoms with Gasteiger partial charge in [0.05, 0.1) is 17.9 Å². The molecule has 1 aromatic heterocycles. The van der Waals surface area contributed by atoms with Gasteiger partial charge in [0.2, 0.25) is 5.91 Å². The number of anilines is 3. The Morgan fingerprint density at radius 2 is 1.64 bits per heavy atom. The molecule has 8 nitrogen and oxygen atoms in total. The Kier molecular flexibility index (Phi) is 9.39. The van der Waals surface area contributed by atoms with E-state index in [2.05, 4.69) is 36.3 Å². The van der Waals surface area contributed by atoms with E-state index >= 15 is 0 Å². The van der Waals surface area contributed by atoms with Gasteiger partial charge >= 0.3 is 6.03 Å². The van der Waals surface area contributed by atoms with Gasteiger partial charge < -0.3 is 10.2 Å². The normalized spacial score (nSPS) is 13.9. The van der Waals surface area contributed by atoms with Gasteiger partial charge in [0.1, 0.15) is 5.82 Å². The highest BCUT2D eigenvalue weighted by atomic mass is 35.5. The predicted octanol–water partition coefficient (Wildman–Crippen LogP) is 6.70. The molecular weight excluding hydrogens is 548 g/mol. The monoisotopic (exact) mass is 586 g/mol. The van der Waals surface area contributed by atoms with Crippen molar-refractivity contribution in [1.82, 2.24) is 14.7 Å². The number of benzene rings is 3. The van der Waals surface area contributed by atoms with Crippen molar-refractivity contribution in [1.29, 1.82) is 0 Å². The lowest BCUT2D eigenvalue weighted by Crippen LogP contribution is -2.50. The van der Waals surface area contributed by atoms with Crippen molar-refractivity contribution in [2.45, 2.75) is 46.6 Å². The molecule has 4 aromatic rings. The van der Waals surface area contributed by atoms with Gasteiger partial charge in [-0.15, -0.1) is 12.4 Å². The Hall–Kier alpha value is -4.14. The topological polar surface area (TPSA) is 82.5 Å². The maximum absolute atomic E-state index is 13.1. The number of aromatic nitrogens is 2. The standard InChI is InChI=1S/C33H38N6O2.ClH/c1-23-13-15-27(16-14-23)39-30(20-29(36-39)33(3,4)5)35-32(41)34-26-11-8-10-25(19-26)21-37-17-18-38(31(40)22-37)28-12-7-6-9-24(28)2;/h6-16,19-20H,17-18,21-22H2,1-5H3,(H2,34,35,41);1H. The number of nitrogens with zero attached hydrogens (tertiary/aromatic N) is 4. The van der Waals surface area contributed by atoms with Crippen LogP contribution in [-0.2, 0) is 16.8 Å². The van der Waals surface area contributed by atoms with Crippen LogP contribution in [0.3, 0.4) is 0 Å². The van der Waals surface area contributed by atoms with E-state index in [-0.39, 0.29) is 29.8 Å². The number of rotatable bonds is 6. The van der Waals surface area contributed by atoms with Crippen molar-refractivity contribution in [3.8, 4) is 5.69 Å². The molecule has 3 amide bonds. The molecule has 9 heteroatoms. The number of carbonyl (C=O) groups excluding carboxylic acids is 2. The number of piperazine rings is 1. The number of amides is 3. The molecule has 0 spiro atoms. The minimum atomic E-state index is -0.349. The first-order valence-electron chi connectivity index (χ1n) is 14.0. The highest BCUT2D eigenvalue weighted by Crippen LogP contribution is 2.27. The molecule has 42 heavy (non-hydrogen) atoms. The van der Waals surface area contributed by atoms with Crippen molar-refractivity contribution < 1.29 is 9.59 Å². The number of halogens is 1. The molecule has 2 N–H and O–H groups in total. The third-order valence-corrected chi connectivity index (χ3v) is 7.29. The lowest BCUT2D eigenvalue weighted by atomic mass is 9.92. The van der Waals surface area contributed by atoms with E-state index in [0.29, 0.717) is 31.1 Å². The lowest BCUT2D eigenvalue weighted by molar-refractivity contribution is -0.121. The van der Waals surface area contributed by atoms with Crippen LogP contribution >= 0.6 is 12.4 Å². The van der Waals surface area contributed by atoms with Crippen LogP contribution in [0.4, 0.5) is 22.0 Å². The molecule has 0 atom stereocenters. The average Bonchev–Trinajstić information content (AvgIpc) is 3.34. The molecular formula is C33H39ClN6O2. The van der Waals surface area contributed by atoms with Crippen molar-refractivity contribution in [2.75, 3.05) is 35.2 Å². The molecule has 1 aliphatic rings. The number of hydrogen-bond acceptors (Lipinski definition) is 4. The Morgan fingerprint density at radius 1 is 0.905 bits per heavy atom. The number of aryl methyl sites for hydroxylation is 2. The lowest BCUT2D eigenvalue weighted by Gasteiger charge is -2.35. The van der Waals surface area contributed by atoms with Crippen molar-refractivity contribution in [3.63, 3.8) is 0 Å². The molecule has 0 bridgehead atoms. The zero-order chi connectivity index (χ0) is 29.1. The number of hydrogen-bond donors (Lipinski definition) is 2. The van der Waals surface area contributed by atoms with Crippen LogP contribution in [0.1, 0.15) is 43.2 Å². The van der Waals surface area contributed by atoms with Crippen LogP contribution in [0.2, 0.25) is 0 Å². The number of nitrogens with one attached hydrogen (secondary N) is 2. The fourth-order valence-electron chi connectivity index (χ4n) is 4.98. The van der Waals surface area contributed by atoms with Crippen molar-refractivity contribution in [3.05, 3.63) is 101 Å². The van der Waals surface area contributed by atoms with E-state index in [4.69, 9.17) is 5.10 Å². The van der Waals surface area contributed by atoms with Gasteiger partial charge in [-0.25, -0.2) is 9.48 Å². The second-order valence-electron chi connectivity index (χ2n) is 11.7. The molecule has 0 aliphatic carbocycles. The first kappa shape index (κ1) is 30.8. The zero-order valence-electron chi connectivity index (χ0n) is 24.8. The summed E-state index contributed by atoms with van der Waals surface area (Å²) in [7, 11) is 0. The van der Waals surface area contributed by atoms with Gasteiger partial charge in [0.25, 0.3) is 0 Å². The van der Waals surface area contributed by atoms with Crippen molar-refractivity contribution in [2.24, 2.45) is 0 Å². The van der Waals surface area contributed by atoms with Crippen LogP contribution < -0.4 is 15.5 Å². The average molecular weight is 587 g/mol. The van der Waals surface area contributed by atoms with Gasteiger partial charge in [-0.1, -0.05) is 68.8 Å². The molecule has 1 aliphatic heterocycles. The van der Waals surface area contributed by atoms with E-state index in [1.807, 2.05) is 97.6 Å². The van der Waals surface area contributed by atoms with E-state index in [0.717, 1.165) is 40.3 Å². The fourth-order valence-corrected chi connectivity index (χ4v) is 4.98. The second-order valence-corrected chi connectivity index (χ2v) is 11.7. The maximum atomic E-state index is 13.1.